The van der Waals surface area contributed by atoms with E-state index in [-0.39, 0.29) is 23.7 Å². The number of para-hydroxylation sites is 1. The molecule has 23 heavy (non-hydrogen) atoms. The van der Waals surface area contributed by atoms with Crippen molar-refractivity contribution in [3.05, 3.63) is 29.8 Å². The van der Waals surface area contributed by atoms with Crippen molar-refractivity contribution >= 4 is 11.8 Å². The van der Waals surface area contributed by atoms with Gasteiger partial charge in [0.05, 0.1) is 18.9 Å². The second-order valence-corrected chi connectivity index (χ2v) is 6.45. The summed E-state index contributed by atoms with van der Waals surface area (Å²) in [5.74, 6) is 0.910. The number of rotatable bonds is 8. The zero-order chi connectivity index (χ0) is 16.8. The molecule has 0 aromatic heterocycles. The molecule has 2 amide bonds. The Morgan fingerprint density at radius 2 is 1.83 bits per heavy atom. The Labute approximate surface area is 137 Å². The van der Waals surface area contributed by atoms with E-state index in [0.29, 0.717) is 25.4 Å². The molecule has 126 valence electrons. The van der Waals surface area contributed by atoms with Crippen molar-refractivity contribution in [2.45, 2.75) is 33.2 Å². The number of methoxy groups -OCH3 is 1. The van der Waals surface area contributed by atoms with E-state index in [1.165, 1.54) is 0 Å². The molecular formula is C18H26N2O3. The van der Waals surface area contributed by atoms with Crippen molar-refractivity contribution in [3.63, 3.8) is 0 Å². The predicted molar refractivity (Wildman–Crippen MR) is 88.9 cm³/mol. The monoisotopic (exact) mass is 318 g/mol. The molecule has 1 fully saturated rings. The van der Waals surface area contributed by atoms with Crippen LogP contribution in [-0.4, -0.2) is 25.5 Å². The molecule has 2 N–H and O–H groups in total. The van der Waals surface area contributed by atoms with Crippen molar-refractivity contribution in [2.75, 3.05) is 13.7 Å². The fourth-order valence-electron chi connectivity index (χ4n) is 2.55. The first-order chi connectivity index (χ1) is 11.0. The number of nitrogens with one attached hydrogen (secondary N) is 2. The van der Waals surface area contributed by atoms with E-state index in [1.54, 1.807) is 7.11 Å². The van der Waals surface area contributed by atoms with Crippen LogP contribution in [0.4, 0.5) is 0 Å². The first kappa shape index (κ1) is 17.3. The highest BCUT2D eigenvalue weighted by molar-refractivity contribution is 5.92. The molecule has 2 unspecified atom stereocenters. The molecule has 0 saturated heterocycles. The summed E-state index contributed by atoms with van der Waals surface area (Å²) >= 11 is 0. The first-order valence-corrected chi connectivity index (χ1v) is 8.20. The molecule has 0 spiro atoms. The van der Waals surface area contributed by atoms with Crippen LogP contribution in [0.1, 0.15) is 32.3 Å². The fourth-order valence-corrected chi connectivity index (χ4v) is 2.55. The number of carbonyl (C=O) groups excluding carboxylic acids is 2. The van der Waals surface area contributed by atoms with E-state index in [2.05, 4.69) is 24.5 Å². The van der Waals surface area contributed by atoms with Gasteiger partial charge in [0.1, 0.15) is 5.75 Å². The van der Waals surface area contributed by atoms with Crippen LogP contribution >= 0.6 is 0 Å². The van der Waals surface area contributed by atoms with Crippen molar-refractivity contribution in [2.24, 2.45) is 17.8 Å². The van der Waals surface area contributed by atoms with Crippen LogP contribution in [0.25, 0.3) is 0 Å². The van der Waals surface area contributed by atoms with Gasteiger partial charge in [-0.3, -0.25) is 9.59 Å². The third kappa shape index (κ3) is 4.98. The SMILES string of the molecule is COc1ccccc1CNC(=O)C1CC1C(=O)NCCC(C)C. The average molecular weight is 318 g/mol. The molecular weight excluding hydrogens is 292 g/mol. The number of hydrogen-bond donors (Lipinski definition) is 2. The number of carbonyl (C=O) groups is 2. The molecule has 2 rings (SSSR count). The summed E-state index contributed by atoms with van der Waals surface area (Å²) in [4.78, 5) is 24.1. The molecule has 1 aromatic rings. The van der Waals surface area contributed by atoms with Crippen molar-refractivity contribution < 1.29 is 14.3 Å². The molecule has 1 aromatic carbocycles. The van der Waals surface area contributed by atoms with E-state index in [1.807, 2.05) is 24.3 Å². The van der Waals surface area contributed by atoms with Gasteiger partial charge >= 0.3 is 0 Å². The minimum Gasteiger partial charge on any atom is -0.496 e. The van der Waals surface area contributed by atoms with Crippen LogP contribution in [0, 0.1) is 17.8 Å². The van der Waals surface area contributed by atoms with Gasteiger partial charge in [-0.1, -0.05) is 32.0 Å². The number of hydrogen-bond acceptors (Lipinski definition) is 3. The minimum absolute atomic E-state index is 0.00286. The zero-order valence-corrected chi connectivity index (χ0v) is 14.1. The summed E-state index contributed by atoms with van der Waals surface area (Å²) in [6.07, 6.45) is 1.61. The maximum absolute atomic E-state index is 12.1. The second-order valence-electron chi connectivity index (χ2n) is 6.45. The standard InChI is InChI=1S/C18H26N2O3/c1-12(2)8-9-19-17(21)14-10-15(14)18(22)20-11-13-6-4-5-7-16(13)23-3/h4-7,12,14-15H,8-11H2,1-3H3,(H,19,21)(H,20,22). The Hall–Kier alpha value is -2.04. The maximum Gasteiger partial charge on any atom is 0.224 e. The van der Waals surface area contributed by atoms with Gasteiger partial charge in [0.2, 0.25) is 11.8 Å². The molecule has 0 radical (unpaired) electrons. The van der Waals surface area contributed by atoms with Gasteiger partial charge in [-0.2, -0.15) is 0 Å². The minimum atomic E-state index is -0.191. The number of ether oxygens (including phenoxy) is 1. The van der Waals surface area contributed by atoms with Crippen LogP contribution in [0.5, 0.6) is 5.75 Å². The Bertz CT molecular complexity index is 557. The molecule has 0 bridgehead atoms. The summed E-state index contributed by atoms with van der Waals surface area (Å²) in [7, 11) is 1.61. The summed E-state index contributed by atoms with van der Waals surface area (Å²) in [5, 5.41) is 5.81. The molecule has 2 atom stereocenters. The van der Waals surface area contributed by atoms with E-state index >= 15 is 0 Å². The van der Waals surface area contributed by atoms with Crippen LogP contribution in [0.2, 0.25) is 0 Å². The topological polar surface area (TPSA) is 67.4 Å². The van der Waals surface area contributed by atoms with Gasteiger partial charge in [0.15, 0.2) is 0 Å². The maximum atomic E-state index is 12.1. The van der Waals surface area contributed by atoms with Crippen molar-refractivity contribution in [3.8, 4) is 5.75 Å². The largest absolute Gasteiger partial charge is 0.496 e. The number of amides is 2. The third-order valence-electron chi connectivity index (χ3n) is 4.13. The molecule has 0 aliphatic heterocycles. The van der Waals surface area contributed by atoms with Crippen molar-refractivity contribution in [1.29, 1.82) is 0 Å². The van der Waals surface area contributed by atoms with Gasteiger partial charge in [-0.05, 0) is 24.8 Å². The summed E-state index contributed by atoms with van der Waals surface area (Å²) in [6, 6.07) is 7.58. The molecule has 0 heterocycles. The van der Waals surface area contributed by atoms with Crippen LogP contribution in [0.3, 0.4) is 0 Å². The van der Waals surface area contributed by atoms with Crippen molar-refractivity contribution in [1.82, 2.24) is 10.6 Å². The Kier molecular flexibility index (Phi) is 6.02. The highest BCUT2D eigenvalue weighted by Gasteiger charge is 2.47. The van der Waals surface area contributed by atoms with E-state index in [9.17, 15) is 9.59 Å². The summed E-state index contributed by atoms with van der Waals surface area (Å²) < 4.78 is 5.26. The van der Waals surface area contributed by atoms with Crippen LogP contribution in [0.15, 0.2) is 24.3 Å². The van der Waals surface area contributed by atoms with Gasteiger partial charge in [-0.25, -0.2) is 0 Å². The lowest BCUT2D eigenvalue weighted by atomic mass is 10.1. The molecule has 1 saturated carbocycles. The molecule has 1 aliphatic rings. The lowest BCUT2D eigenvalue weighted by Gasteiger charge is -2.10. The molecule has 1 aliphatic carbocycles. The summed E-state index contributed by atoms with van der Waals surface area (Å²) in [5.41, 5.74) is 0.932. The van der Waals surface area contributed by atoms with E-state index in [4.69, 9.17) is 4.74 Å². The third-order valence-corrected chi connectivity index (χ3v) is 4.13. The first-order valence-electron chi connectivity index (χ1n) is 8.20. The van der Waals surface area contributed by atoms with Gasteiger partial charge in [0, 0.05) is 18.7 Å². The summed E-state index contributed by atoms with van der Waals surface area (Å²) in [6.45, 7) is 5.35. The van der Waals surface area contributed by atoms with E-state index in [0.717, 1.165) is 17.7 Å². The average Bonchev–Trinajstić information content (AvgIpc) is 3.33. The quantitative estimate of drug-likeness (QED) is 0.771. The second kappa shape index (κ2) is 7.99. The van der Waals surface area contributed by atoms with Gasteiger partial charge in [0.25, 0.3) is 0 Å². The Balaban J connectivity index is 1.74. The zero-order valence-electron chi connectivity index (χ0n) is 14.1. The lowest BCUT2D eigenvalue weighted by molar-refractivity contribution is -0.127. The normalized spacial score (nSPS) is 19.3. The van der Waals surface area contributed by atoms with E-state index < -0.39 is 0 Å². The Morgan fingerprint density at radius 1 is 1.17 bits per heavy atom. The Morgan fingerprint density at radius 3 is 2.48 bits per heavy atom. The van der Waals surface area contributed by atoms with Crippen LogP contribution in [-0.2, 0) is 16.1 Å². The lowest BCUT2D eigenvalue weighted by Crippen LogP contribution is -2.30. The van der Waals surface area contributed by atoms with Crippen LogP contribution < -0.4 is 15.4 Å². The predicted octanol–water partition coefficient (Wildman–Crippen LogP) is 2.11. The smallest absolute Gasteiger partial charge is 0.224 e. The highest BCUT2D eigenvalue weighted by atomic mass is 16.5. The molecule has 5 nitrogen and oxygen atoms in total. The highest BCUT2D eigenvalue weighted by Crippen LogP contribution is 2.38. The van der Waals surface area contributed by atoms with Gasteiger partial charge in [-0.15, -0.1) is 0 Å². The number of benzene rings is 1. The molecule has 5 heteroatoms. The van der Waals surface area contributed by atoms with Gasteiger partial charge < -0.3 is 15.4 Å². The fraction of sp³-hybridized carbons (Fsp3) is 0.556.